The van der Waals surface area contributed by atoms with E-state index in [0.717, 1.165) is 25.7 Å². The first-order valence-electron chi connectivity index (χ1n) is 7.21. The Morgan fingerprint density at radius 3 is 2.37 bits per heavy atom. The molecule has 0 aromatic heterocycles. The van der Waals surface area contributed by atoms with E-state index in [1.807, 2.05) is 20.8 Å². The average Bonchev–Trinajstić information content (AvgIpc) is 2.34. The molecular formula is C15H28O4. The van der Waals surface area contributed by atoms with Gasteiger partial charge in [0.25, 0.3) is 0 Å². The van der Waals surface area contributed by atoms with Crippen molar-refractivity contribution in [3.05, 3.63) is 0 Å². The number of ketones is 1. The summed E-state index contributed by atoms with van der Waals surface area (Å²) in [6, 6.07) is 0. The van der Waals surface area contributed by atoms with Crippen LogP contribution in [-0.2, 0) is 9.53 Å². The molecule has 0 atom stereocenters. The summed E-state index contributed by atoms with van der Waals surface area (Å²) in [4.78, 5) is 11.7. The summed E-state index contributed by atoms with van der Waals surface area (Å²) in [5.74, 6) is 0.423. The number of carbonyl (C=O) groups is 1. The highest BCUT2D eigenvalue weighted by atomic mass is 16.5. The molecule has 0 amide bonds. The molecule has 4 nitrogen and oxygen atoms in total. The van der Waals surface area contributed by atoms with Gasteiger partial charge in [-0.1, -0.05) is 20.8 Å². The number of carbonyl (C=O) groups excluding carboxylic acids is 1. The van der Waals surface area contributed by atoms with E-state index < -0.39 is 5.60 Å². The molecule has 0 unspecified atom stereocenters. The fourth-order valence-electron chi connectivity index (χ4n) is 2.29. The molecule has 0 aliphatic heterocycles. The van der Waals surface area contributed by atoms with E-state index in [-0.39, 0.29) is 24.4 Å². The van der Waals surface area contributed by atoms with Gasteiger partial charge >= 0.3 is 0 Å². The van der Waals surface area contributed by atoms with E-state index in [9.17, 15) is 9.90 Å². The first kappa shape index (κ1) is 16.6. The Morgan fingerprint density at radius 2 is 1.89 bits per heavy atom. The van der Waals surface area contributed by atoms with Crippen LogP contribution in [0.15, 0.2) is 0 Å². The van der Waals surface area contributed by atoms with Crippen LogP contribution in [0.1, 0.15) is 52.9 Å². The standard InChI is InChI=1S/C15H28O4/c1-14(2,3)13(17)11-19-9-8-15(18)6-4-12(10-16)5-7-15/h12,16,18H,4-11H2,1-3H3. The Hall–Kier alpha value is -0.450. The molecule has 19 heavy (non-hydrogen) atoms. The lowest BCUT2D eigenvalue weighted by atomic mass is 9.77. The molecular weight excluding hydrogens is 244 g/mol. The van der Waals surface area contributed by atoms with Gasteiger partial charge in [-0.15, -0.1) is 0 Å². The Bertz CT molecular complexity index is 285. The van der Waals surface area contributed by atoms with Gasteiger partial charge in [0.05, 0.1) is 5.60 Å². The highest BCUT2D eigenvalue weighted by Gasteiger charge is 2.32. The van der Waals surface area contributed by atoms with Crippen molar-refractivity contribution < 1.29 is 19.7 Å². The van der Waals surface area contributed by atoms with E-state index in [1.54, 1.807) is 0 Å². The molecule has 0 bridgehead atoms. The van der Waals surface area contributed by atoms with Gasteiger partial charge in [0, 0.05) is 18.6 Å². The summed E-state index contributed by atoms with van der Waals surface area (Å²) in [7, 11) is 0. The first-order valence-corrected chi connectivity index (χ1v) is 7.21. The summed E-state index contributed by atoms with van der Waals surface area (Å²) in [5.41, 5.74) is -1.04. The second kappa shape index (κ2) is 6.82. The van der Waals surface area contributed by atoms with Gasteiger partial charge in [0.2, 0.25) is 0 Å². The molecule has 112 valence electrons. The summed E-state index contributed by atoms with van der Waals surface area (Å²) in [6.07, 6.45) is 3.74. The number of hydrogen-bond acceptors (Lipinski definition) is 4. The monoisotopic (exact) mass is 272 g/mol. The maximum absolute atomic E-state index is 11.7. The van der Waals surface area contributed by atoms with Crippen molar-refractivity contribution in [2.75, 3.05) is 19.8 Å². The molecule has 0 heterocycles. The maximum atomic E-state index is 11.7. The van der Waals surface area contributed by atoms with Crippen LogP contribution in [0, 0.1) is 11.3 Å². The molecule has 1 rings (SSSR count). The number of aliphatic hydroxyl groups is 2. The third-order valence-electron chi connectivity index (χ3n) is 4.08. The van der Waals surface area contributed by atoms with Crippen LogP contribution in [0.5, 0.6) is 0 Å². The predicted octanol–water partition coefficient (Wildman–Crippen LogP) is 1.92. The largest absolute Gasteiger partial charge is 0.396 e. The van der Waals surface area contributed by atoms with Crippen LogP contribution >= 0.6 is 0 Å². The molecule has 1 saturated carbocycles. The second-order valence-corrected chi connectivity index (χ2v) is 6.83. The zero-order valence-corrected chi connectivity index (χ0v) is 12.4. The lowest BCUT2D eigenvalue weighted by Crippen LogP contribution is -2.36. The molecule has 0 saturated heterocycles. The third kappa shape index (κ3) is 5.59. The minimum absolute atomic E-state index is 0.0866. The number of ether oxygens (including phenoxy) is 1. The van der Waals surface area contributed by atoms with Gasteiger partial charge in [-0.2, -0.15) is 0 Å². The second-order valence-electron chi connectivity index (χ2n) is 6.83. The summed E-state index contributed by atoms with van der Waals surface area (Å²) in [5, 5.41) is 19.4. The smallest absolute Gasteiger partial charge is 0.163 e. The van der Waals surface area contributed by atoms with Crippen molar-refractivity contribution >= 4 is 5.78 Å². The Kier molecular flexibility index (Phi) is 5.96. The molecule has 0 spiro atoms. The first-order chi connectivity index (χ1) is 8.77. The van der Waals surface area contributed by atoms with Crippen LogP contribution in [0.3, 0.4) is 0 Å². The predicted molar refractivity (Wildman–Crippen MR) is 73.9 cm³/mol. The highest BCUT2D eigenvalue weighted by molar-refractivity contribution is 5.84. The summed E-state index contributed by atoms with van der Waals surface area (Å²) < 4.78 is 5.38. The number of Topliss-reactive ketones (excluding diaryl/α,β-unsaturated/α-hetero) is 1. The Balaban J connectivity index is 2.21. The van der Waals surface area contributed by atoms with Crippen LogP contribution in [0.2, 0.25) is 0 Å². The van der Waals surface area contributed by atoms with Gasteiger partial charge in [-0.25, -0.2) is 0 Å². The Morgan fingerprint density at radius 1 is 1.32 bits per heavy atom. The van der Waals surface area contributed by atoms with E-state index in [4.69, 9.17) is 9.84 Å². The van der Waals surface area contributed by atoms with Crippen LogP contribution in [0.4, 0.5) is 0 Å². The molecule has 1 aliphatic carbocycles. The van der Waals surface area contributed by atoms with E-state index in [0.29, 0.717) is 18.9 Å². The number of hydrogen-bond donors (Lipinski definition) is 2. The van der Waals surface area contributed by atoms with E-state index >= 15 is 0 Å². The number of aliphatic hydroxyl groups excluding tert-OH is 1. The maximum Gasteiger partial charge on any atom is 0.163 e. The van der Waals surface area contributed by atoms with Crippen LogP contribution in [0.25, 0.3) is 0 Å². The Labute approximate surface area is 116 Å². The zero-order chi connectivity index (χ0) is 14.5. The normalized spacial score (nSPS) is 28.4. The van der Waals surface area contributed by atoms with Gasteiger partial charge < -0.3 is 14.9 Å². The lowest BCUT2D eigenvalue weighted by Gasteiger charge is -2.35. The van der Waals surface area contributed by atoms with Crippen LogP contribution < -0.4 is 0 Å². The number of rotatable bonds is 6. The quantitative estimate of drug-likeness (QED) is 0.725. The van der Waals surface area contributed by atoms with E-state index in [2.05, 4.69) is 0 Å². The third-order valence-corrected chi connectivity index (χ3v) is 4.08. The van der Waals surface area contributed by atoms with Crippen molar-refractivity contribution in [3.8, 4) is 0 Å². The van der Waals surface area contributed by atoms with Gasteiger partial charge in [0.1, 0.15) is 6.61 Å². The van der Waals surface area contributed by atoms with Gasteiger partial charge in [-0.3, -0.25) is 4.79 Å². The average molecular weight is 272 g/mol. The fourth-order valence-corrected chi connectivity index (χ4v) is 2.29. The molecule has 0 aromatic rings. The SMILES string of the molecule is CC(C)(C)C(=O)COCCC1(O)CCC(CO)CC1. The summed E-state index contributed by atoms with van der Waals surface area (Å²) >= 11 is 0. The van der Waals surface area contributed by atoms with Gasteiger partial charge in [0.15, 0.2) is 5.78 Å². The lowest BCUT2D eigenvalue weighted by molar-refractivity contribution is -0.132. The van der Waals surface area contributed by atoms with Crippen molar-refractivity contribution in [1.82, 2.24) is 0 Å². The van der Waals surface area contributed by atoms with Crippen molar-refractivity contribution in [2.45, 2.75) is 58.5 Å². The van der Waals surface area contributed by atoms with E-state index in [1.165, 1.54) is 0 Å². The fraction of sp³-hybridized carbons (Fsp3) is 0.933. The topological polar surface area (TPSA) is 66.8 Å². The molecule has 4 heteroatoms. The van der Waals surface area contributed by atoms with Crippen molar-refractivity contribution in [3.63, 3.8) is 0 Å². The molecule has 1 fully saturated rings. The minimum atomic E-state index is -0.670. The van der Waals surface area contributed by atoms with Crippen molar-refractivity contribution in [1.29, 1.82) is 0 Å². The van der Waals surface area contributed by atoms with Crippen LogP contribution in [-0.4, -0.2) is 41.4 Å². The van der Waals surface area contributed by atoms with Gasteiger partial charge in [-0.05, 0) is 38.0 Å². The molecule has 1 aliphatic rings. The molecule has 0 radical (unpaired) electrons. The van der Waals surface area contributed by atoms with Crippen molar-refractivity contribution in [2.24, 2.45) is 11.3 Å². The minimum Gasteiger partial charge on any atom is -0.396 e. The highest BCUT2D eigenvalue weighted by Crippen LogP contribution is 2.34. The summed E-state index contributed by atoms with van der Waals surface area (Å²) in [6.45, 7) is 6.39. The zero-order valence-electron chi connectivity index (χ0n) is 12.4. The molecule has 2 N–H and O–H groups in total. The molecule has 0 aromatic carbocycles.